The molecule has 2 aromatic carbocycles. The number of halogens is 2. The zero-order valence-electron chi connectivity index (χ0n) is 19.5. The maximum absolute atomic E-state index is 16.6. The van der Waals surface area contributed by atoms with Crippen LogP contribution in [0.4, 0.5) is 8.78 Å². The van der Waals surface area contributed by atoms with E-state index in [0.29, 0.717) is 22.6 Å². The molecule has 7 rings (SSSR count). The molecule has 0 spiro atoms. The Labute approximate surface area is 205 Å². The molecule has 2 saturated carbocycles. The molecule has 2 unspecified atom stereocenters. The molecule has 6 nitrogen and oxygen atoms in total. The third kappa shape index (κ3) is 2.89. The molecule has 2 atom stereocenters. The first kappa shape index (κ1) is 21.5. The minimum Gasteiger partial charge on any atom is -0.508 e. The van der Waals surface area contributed by atoms with Gasteiger partial charge in [-0.1, -0.05) is 12.0 Å². The molecule has 4 aromatic rings. The number of ketones is 1. The van der Waals surface area contributed by atoms with Crippen molar-refractivity contribution in [1.29, 1.82) is 0 Å². The Morgan fingerprint density at radius 3 is 2.61 bits per heavy atom. The summed E-state index contributed by atoms with van der Waals surface area (Å²) in [6.07, 6.45) is 7.39. The second-order valence-electron chi connectivity index (χ2n) is 10.1. The van der Waals surface area contributed by atoms with Crippen molar-refractivity contribution in [1.82, 2.24) is 20.1 Å². The predicted molar refractivity (Wildman–Crippen MR) is 131 cm³/mol. The molecule has 2 aromatic heterocycles. The Kier molecular flexibility index (Phi) is 4.37. The zero-order chi connectivity index (χ0) is 24.9. The highest BCUT2D eigenvalue weighted by Crippen LogP contribution is 2.58. The number of rotatable bonds is 4. The molecule has 8 heteroatoms. The van der Waals surface area contributed by atoms with E-state index >= 15 is 4.39 Å². The molecule has 3 aliphatic rings. The van der Waals surface area contributed by atoms with Gasteiger partial charge >= 0.3 is 0 Å². The van der Waals surface area contributed by atoms with Crippen LogP contribution in [-0.2, 0) is 0 Å². The van der Waals surface area contributed by atoms with Crippen LogP contribution in [0.1, 0.15) is 53.5 Å². The number of aromatic nitrogens is 3. The molecule has 0 amide bonds. The molecule has 180 valence electrons. The second kappa shape index (κ2) is 7.34. The summed E-state index contributed by atoms with van der Waals surface area (Å²) in [5.74, 6) is 1.63. The van der Waals surface area contributed by atoms with Crippen LogP contribution >= 0.6 is 0 Å². The van der Waals surface area contributed by atoms with Gasteiger partial charge in [0, 0.05) is 23.8 Å². The van der Waals surface area contributed by atoms with Gasteiger partial charge in [0.15, 0.2) is 11.6 Å². The van der Waals surface area contributed by atoms with E-state index in [1.54, 1.807) is 4.68 Å². The largest absolute Gasteiger partial charge is 0.508 e. The minimum absolute atomic E-state index is 0.0529. The number of hydrogen-bond acceptors (Lipinski definition) is 5. The highest BCUT2D eigenvalue weighted by Gasteiger charge is 2.56. The first-order valence-corrected chi connectivity index (χ1v) is 12.1. The molecule has 1 aliphatic heterocycles. The van der Waals surface area contributed by atoms with Gasteiger partial charge in [-0.15, -0.1) is 6.42 Å². The summed E-state index contributed by atoms with van der Waals surface area (Å²) >= 11 is 0. The highest BCUT2D eigenvalue weighted by molar-refractivity contribution is 6.09. The van der Waals surface area contributed by atoms with E-state index in [9.17, 15) is 14.3 Å². The number of carbonyl (C=O) groups excluding carboxylic acids is 1. The van der Waals surface area contributed by atoms with E-state index in [2.05, 4.69) is 16.2 Å². The number of phenols is 1. The number of piperidine rings is 1. The Morgan fingerprint density at radius 1 is 1.19 bits per heavy atom. The summed E-state index contributed by atoms with van der Waals surface area (Å²) in [4.78, 5) is 17.5. The number of phenolic OH excluding ortho intramolecular Hbond substituents is 1. The number of benzene rings is 2. The van der Waals surface area contributed by atoms with Crippen LogP contribution in [-0.4, -0.2) is 38.7 Å². The lowest BCUT2D eigenvalue weighted by Gasteiger charge is -2.14. The quantitative estimate of drug-likeness (QED) is 0.325. The van der Waals surface area contributed by atoms with Crippen LogP contribution in [0.25, 0.3) is 32.9 Å². The summed E-state index contributed by atoms with van der Waals surface area (Å²) < 4.78 is 32.9. The lowest BCUT2D eigenvalue weighted by atomic mass is 9.95. The number of Topliss-reactive ketones (excluding diaryl/α,β-unsaturated/α-hetero) is 1. The van der Waals surface area contributed by atoms with Gasteiger partial charge in [0.25, 0.3) is 0 Å². The fourth-order valence-corrected chi connectivity index (χ4v) is 6.05. The van der Waals surface area contributed by atoms with Crippen molar-refractivity contribution < 1.29 is 18.7 Å². The Morgan fingerprint density at radius 2 is 1.94 bits per heavy atom. The SMILES string of the molecule is C#Cc1c(F)ccc2cc(O)cc(-c3nc(C(C)=O)c4c(C5C6CNCC65)nn(C5CC5)c4c3F)c12. The normalized spacial score (nSPS) is 22.7. The van der Waals surface area contributed by atoms with Crippen LogP contribution in [0.15, 0.2) is 24.3 Å². The molecular formula is C28H22F2N4O2. The van der Waals surface area contributed by atoms with Gasteiger partial charge in [-0.2, -0.15) is 5.10 Å². The molecule has 1 saturated heterocycles. The number of pyridine rings is 1. The lowest BCUT2D eigenvalue weighted by molar-refractivity contribution is 0.101. The number of fused-ring (bicyclic) bond motifs is 3. The summed E-state index contributed by atoms with van der Waals surface area (Å²) in [5.41, 5.74) is 1.06. The average Bonchev–Trinajstić information content (AvgIpc) is 3.73. The Bertz CT molecular complexity index is 1670. The number of terminal acetylenes is 1. The number of carbonyl (C=O) groups is 1. The Hall–Kier alpha value is -3.83. The van der Waals surface area contributed by atoms with Crippen LogP contribution in [0, 0.1) is 35.8 Å². The van der Waals surface area contributed by atoms with Crippen LogP contribution in [0.5, 0.6) is 5.75 Å². The third-order valence-electron chi connectivity index (χ3n) is 7.90. The lowest BCUT2D eigenvalue weighted by Crippen LogP contribution is -2.14. The van der Waals surface area contributed by atoms with E-state index in [-0.39, 0.29) is 56.9 Å². The maximum atomic E-state index is 16.6. The van der Waals surface area contributed by atoms with Gasteiger partial charge in [-0.25, -0.2) is 13.8 Å². The van der Waals surface area contributed by atoms with Crippen molar-refractivity contribution in [3.05, 3.63) is 52.9 Å². The van der Waals surface area contributed by atoms with Gasteiger partial charge in [0.1, 0.15) is 28.5 Å². The zero-order valence-corrected chi connectivity index (χ0v) is 19.5. The van der Waals surface area contributed by atoms with E-state index in [1.165, 1.54) is 31.2 Å². The van der Waals surface area contributed by atoms with Crippen molar-refractivity contribution in [3.8, 4) is 29.4 Å². The van der Waals surface area contributed by atoms with E-state index in [1.807, 2.05) is 0 Å². The molecule has 36 heavy (non-hydrogen) atoms. The van der Waals surface area contributed by atoms with Crippen LogP contribution < -0.4 is 5.32 Å². The first-order valence-electron chi connectivity index (χ1n) is 12.1. The molecule has 0 bridgehead atoms. The molecule has 0 radical (unpaired) electrons. The predicted octanol–water partition coefficient (Wildman–Crippen LogP) is 4.69. The van der Waals surface area contributed by atoms with Crippen molar-refractivity contribution in [2.75, 3.05) is 13.1 Å². The molecule has 2 aliphatic carbocycles. The topological polar surface area (TPSA) is 80.0 Å². The average molecular weight is 485 g/mol. The Balaban J connectivity index is 1.58. The fourth-order valence-electron chi connectivity index (χ4n) is 6.05. The van der Waals surface area contributed by atoms with Crippen molar-refractivity contribution in [2.45, 2.75) is 31.7 Å². The van der Waals surface area contributed by atoms with Crippen molar-refractivity contribution >= 4 is 27.5 Å². The molecule has 2 N–H and O–H groups in total. The van der Waals surface area contributed by atoms with Crippen molar-refractivity contribution in [2.24, 2.45) is 11.8 Å². The summed E-state index contributed by atoms with van der Waals surface area (Å²) in [5, 5.41) is 19.9. The summed E-state index contributed by atoms with van der Waals surface area (Å²) in [6, 6.07) is 5.50. The van der Waals surface area contributed by atoms with E-state index < -0.39 is 11.6 Å². The standard InChI is InChI=1S/C28H22F2N4O2/c1-3-16-20(29)7-4-13-8-15(36)9-17(21(13)16)26-24(30)28-23(25(32-26)12(2)35)27(33-34(28)14-5-6-14)22-18-10-31-11-19(18)22/h1,4,7-9,14,18-19,22,31,36H,5-6,10-11H2,2H3. The van der Waals surface area contributed by atoms with Gasteiger partial charge in [-0.3, -0.25) is 9.48 Å². The third-order valence-corrected chi connectivity index (χ3v) is 7.90. The maximum Gasteiger partial charge on any atom is 0.178 e. The van der Waals surface area contributed by atoms with Gasteiger partial charge in [-0.05, 0) is 61.4 Å². The van der Waals surface area contributed by atoms with Gasteiger partial charge < -0.3 is 10.4 Å². The van der Waals surface area contributed by atoms with Crippen LogP contribution in [0.3, 0.4) is 0 Å². The number of nitrogens with zero attached hydrogens (tertiary/aromatic N) is 3. The molecular weight excluding hydrogens is 462 g/mol. The fraction of sp³-hybridized carbons (Fsp3) is 0.321. The smallest absolute Gasteiger partial charge is 0.178 e. The highest BCUT2D eigenvalue weighted by atomic mass is 19.1. The van der Waals surface area contributed by atoms with E-state index in [0.717, 1.165) is 31.6 Å². The number of aromatic hydroxyl groups is 1. The number of nitrogens with one attached hydrogen (secondary N) is 1. The van der Waals surface area contributed by atoms with Gasteiger partial charge in [0.05, 0.1) is 22.7 Å². The monoisotopic (exact) mass is 484 g/mol. The molecule has 3 heterocycles. The van der Waals surface area contributed by atoms with Gasteiger partial charge in [0.2, 0.25) is 0 Å². The number of hydrogen-bond donors (Lipinski definition) is 2. The summed E-state index contributed by atoms with van der Waals surface area (Å²) in [7, 11) is 0. The van der Waals surface area contributed by atoms with Crippen molar-refractivity contribution in [3.63, 3.8) is 0 Å². The van der Waals surface area contributed by atoms with E-state index in [4.69, 9.17) is 11.5 Å². The van der Waals surface area contributed by atoms with Crippen LogP contribution in [0.2, 0.25) is 0 Å². The second-order valence-corrected chi connectivity index (χ2v) is 10.1. The first-order chi connectivity index (χ1) is 17.4. The summed E-state index contributed by atoms with van der Waals surface area (Å²) in [6.45, 7) is 3.17. The minimum atomic E-state index is -0.649. The molecule has 3 fully saturated rings.